The number of hydrogen-bond acceptors (Lipinski definition) is 4. The number of nitriles is 2. The molecule has 0 heterocycles. The number of hydrogen-bond donors (Lipinski definition) is 0. The molecule has 0 fully saturated rings. The second-order valence-corrected chi connectivity index (χ2v) is 4.71. The Hall–Kier alpha value is -0.320. The van der Waals surface area contributed by atoms with Gasteiger partial charge in [-0.3, -0.25) is 0 Å². The van der Waals surface area contributed by atoms with Crippen LogP contribution in [0.5, 0.6) is 0 Å². The molecule has 0 unspecified atom stereocenters. The van der Waals surface area contributed by atoms with Crippen LogP contribution in [0.2, 0.25) is 0 Å². The fraction of sp³-hybridized carbons (Fsp3) is 0.750. The van der Waals surface area contributed by atoms with Gasteiger partial charge in [-0.25, -0.2) is 0 Å². The zero-order valence-corrected chi connectivity index (χ0v) is 9.55. The van der Waals surface area contributed by atoms with Crippen LogP contribution >= 0.6 is 23.5 Å². The Bertz CT molecular complexity index is 176. The van der Waals surface area contributed by atoms with Crippen molar-refractivity contribution in [2.75, 3.05) is 18.3 Å². The van der Waals surface area contributed by atoms with E-state index in [9.17, 15) is 0 Å². The van der Waals surface area contributed by atoms with Crippen LogP contribution in [0.3, 0.4) is 0 Å². The van der Waals surface area contributed by atoms with Gasteiger partial charge in [0.1, 0.15) is 0 Å². The van der Waals surface area contributed by atoms with Crippen molar-refractivity contribution >= 4 is 23.5 Å². The lowest BCUT2D eigenvalue weighted by Gasteiger charge is -2.08. The molecule has 0 aliphatic heterocycles. The highest BCUT2D eigenvalue weighted by Gasteiger charge is 2.12. The molecule has 0 amide bonds. The molecule has 0 aliphatic rings. The van der Waals surface area contributed by atoms with Crippen LogP contribution in [-0.2, 0) is 0 Å². The molecule has 0 spiro atoms. The van der Waals surface area contributed by atoms with E-state index in [0.717, 1.165) is 0 Å². The van der Waals surface area contributed by atoms with Crippen molar-refractivity contribution < 1.29 is 0 Å². The third kappa shape index (κ3) is 12.4. The summed E-state index contributed by atoms with van der Waals surface area (Å²) in [5, 5.41) is 16.1. The first-order chi connectivity index (χ1) is 5.54. The minimum absolute atomic E-state index is 0.194. The van der Waals surface area contributed by atoms with Crippen LogP contribution < -0.4 is 0 Å². The Morgan fingerprint density at radius 3 is 1.75 bits per heavy atom. The summed E-state index contributed by atoms with van der Waals surface area (Å²) in [6, 6.07) is 4.13. The van der Waals surface area contributed by atoms with Gasteiger partial charge in [-0.15, -0.1) is 11.8 Å². The second kappa shape index (κ2) is 8.77. The van der Waals surface area contributed by atoms with E-state index in [2.05, 4.69) is 6.07 Å². The van der Waals surface area contributed by atoms with Crippen LogP contribution in [0.1, 0.15) is 13.8 Å². The molecule has 0 saturated carbocycles. The third-order valence-electron chi connectivity index (χ3n) is 0.988. The predicted octanol–water partition coefficient (Wildman–Crippen LogP) is 2.52. The molecule has 0 bridgehead atoms. The molecule has 0 aromatic rings. The Morgan fingerprint density at radius 1 is 1.25 bits per heavy atom. The summed E-state index contributed by atoms with van der Waals surface area (Å²) >= 11 is 3.11. The number of rotatable bonds is 2. The van der Waals surface area contributed by atoms with Gasteiger partial charge in [-0.1, -0.05) is 0 Å². The normalized spacial score (nSPS) is 8.83. The minimum Gasteiger partial charge on any atom is -0.197 e. The smallest absolute Gasteiger partial charge is 0.0964 e. The highest BCUT2D eigenvalue weighted by Crippen LogP contribution is 2.18. The minimum atomic E-state index is -0.194. The van der Waals surface area contributed by atoms with E-state index in [1.54, 1.807) is 23.5 Å². The highest BCUT2D eigenvalue weighted by molar-refractivity contribution is 8.00. The van der Waals surface area contributed by atoms with E-state index in [-0.39, 0.29) is 4.75 Å². The lowest BCUT2D eigenvalue weighted by molar-refractivity contribution is 0.917. The van der Waals surface area contributed by atoms with Crippen molar-refractivity contribution in [1.82, 2.24) is 0 Å². The van der Waals surface area contributed by atoms with Crippen LogP contribution in [0.25, 0.3) is 0 Å². The van der Waals surface area contributed by atoms with E-state index in [0.29, 0.717) is 5.75 Å². The van der Waals surface area contributed by atoms with Gasteiger partial charge < -0.3 is 0 Å². The Morgan fingerprint density at radius 2 is 1.75 bits per heavy atom. The molecule has 0 rings (SSSR count). The molecular formula is C8H14N2S2. The van der Waals surface area contributed by atoms with Gasteiger partial charge in [0.15, 0.2) is 0 Å². The summed E-state index contributed by atoms with van der Waals surface area (Å²) in [4.78, 5) is 0. The Balaban J connectivity index is 0. The predicted molar refractivity (Wildman–Crippen MR) is 57.2 cm³/mol. The standard InChI is InChI=1S/C5H9NS.C3H5NS/c1-5(2,4-6)7-3;1-5-3-2-4/h1-3H3;3H2,1H3. The molecule has 68 valence electrons. The second-order valence-electron chi connectivity index (χ2n) is 2.42. The quantitative estimate of drug-likeness (QED) is 0.690. The van der Waals surface area contributed by atoms with Crippen molar-refractivity contribution in [3.63, 3.8) is 0 Å². The summed E-state index contributed by atoms with van der Waals surface area (Å²) in [5.74, 6) is 0.611. The Labute approximate surface area is 83.3 Å². The first-order valence-corrected chi connectivity index (χ1v) is 5.98. The van der Waals surface area contributed by atoms with Gasteiger partial charge in [-0.2, -0.15) is 22.3 Å². The third-order valence-corrected chi connectivity index (χ3v) is 2.52. The van der Waals surface area contributed by atoms with Crippen LogP contribution in [0.4, 0.5) is 0 Å². The van der Waals surface area contributed by atoms with Crippen LogP contribution in [-0.4, -0.2) is 23.0 Å². The molecule has 0 aromatic heterocycles. The van der Waals surface area contributed by atoms with Gasteiger partial charge in [0.25, 0.3) is 0 Å². The van der Waals surface area contributed by atoms with E-state index in [1.807, 2.05) is 32.4 Å². The average molecular weight is 202 g/mol. The SMILES string of the molecule is CSC(C)(C)C#N.CSCC#N. The molecule has 0 radical (unpaired) electrons. The molecule has 2 nitrogen and oxygen atoms in total. The largest absolute Gasteiger partial charge is 0.197 e. The van der Waals surface area contributed by atoms with Crippen molar-refractivity contribution in [2.45, 2.75) is 18.6 Å². The summed E-state index contributed by atoms with van der Waals surface area (Å²) in [7, 11) is 0. The topological polar surface area (TPSA) is 47.6 Å². The lowest BCUT2D eigenvalue weighted by Crippen LogP contribution is -2.08. The molecule has 0 saturated heterocycles. The van der Waals surface area contributed by atoms with Crippen molar-refractivity contribution in [3.05, 3.63) is 0 Å². The van der Waals surface area contributed by atoms with Crippen molar-refractivity contribution in [3.8, 4) is 12.1 Å². The first-order valence-electron chi connectivity index (χ1n) is 3.36. The lowest BCUT2D eigenvalue weighted by atomic mass is 10.2. The van der Waals surface area contributed by atoms with Gasteiger partial charge in [0.05, 0.1) is 22.6 Å². The molecule has 4 heteroatoms. The maximum absolute atomic E-state index is 8.32. The zero-order chi connectivity index (χ0) is 10.0. The van der Waals surface area contributed by atoms with Gasteiger partial charge in [0.2, 0.25) is 0 Å². The number of nitrogens with zero attached hydrogens (tertiary/aromatic N) is 2. The zero-order valence-electron chi connectivity index (χ0n) is 7.92. The summed E-state index contributed by atoms with van der Waals surface area (Å²) in [6.07, 6.45) is 3.84. The van der Waals surface area contributed by atoms with Crippen molar-refractivity contribution in [2.24, 2.45) is 0 Å². The Kier molecular flexibility index (Phi) is 10.4. The molecule has 0 N–H and O–H groups in total. The summed E-state index contributed by atoms with van der Waals surface area (Å²) in [5.41, 5.74) is 0. The summed E-state index contributed by atoms with van der Waals surface area (Å²) in [6.45, 7) is 3.80. The maximum atomic E-state index is 8.32. The summed E-state index contributed by atoms with van der Waals surface area (Å²) < 4.78 is -0.194. The molecule has 0 aromatic carbocycles. The molecule has 0 aliphatic carbocycles. The molecule has 12 heavy (non-hydrogen) atoms. The van der Waals surface area contributed by atoms with Crippen LogP contribution in [0, 0.1) is 22.7 Å². The highest BCUT2D eigenvalue weighted by atomic mass is 32.2. The first kappa shape index (κ1) is 14.2. The number of thioether (sulfide) groups is 2. The monoisotopic (exact) mass is 202 g/mol. The maximum Gasteiger partial charge on any atom is 0.0964 e. The van der Waals surface area contributed by atoms with Crippen molar-refractivity contribution in [1.29, 1.82) is 10.5 Å². The van der Waals surface area contributed by atoms with E-state index < -0.39 is 0 Å². The van der Waals surface area contributed by atoms with Gasteiger partial charge in [0, 0.05) is 0 Å². The van der Waals surface area contributed by atoms with E-state index >= 15 is 0 Å². The fourth-order valence-corrected chi connectivity index (χ4v) is 0.331. The van der Waals surface area contributed by atoms with E-state index in [4.69, 9.17) is 10.5 Å². The molecular weight excluding hydrogens is 188 g/mol. The van der Waals surface area contributed by atoms with Gasteiger partial charge in [-0.05, 0) is 26.4 Å². The molecule has 0 atom stereocenters. The average Bonchev–Trinajstić information content (AvgIpc) is 2.07. The van der Waals surface area contributed by atoms with Crippen LogP contribution in [0.15, 0.2) is 0 Å². The fourth-order valence-electron chi connectivity index (χ4n) is 0.110. The van der Waals surface area contributed by atoms with E-state index in [1.165, 1.54) is 0 Å². The van der Waals surface area contributed by atoms with Gasteiger partial charge >= 0.3 is 0 Å².